The molecule has 0 aliphatic rings. The largest absolute Gasteiger partial charge is 0.393 e. The van der Waals surface area contributed by atoms with Gasteiger partial charge in [0.15, 0.2) is 0 Å². The molecule has 0 aliphatic carbocycles. The highest BCUT2D eigenvalue weighted by atomic mass is 16.3. The minimum absolute atomic E-state index is 0.0981. The van der Waals surface area contributed by atoms with Crippen LogP contribution in [-0.2, 0) is 12.0 Å². The molecular formula is C12H22N2O. The molecule has 0 aromatic carbocycles. The van der Waals surface area contributed by atoms with Crippen LogP contribution in [0.2, 0.25) is 0 Å². The molecule has 1 aromatic heterocycles. The van der Waals surface area contributed by atoms with Gasteiger partial charge in [0, 0.05) is 17.7 Å². The standard InChI is InChI=1S/C12H22N2O/c1-9-8-11(12(3,4)5)13-14(9)7-6-10(2)15/h8,10,15H,6-7H2,1-5H3/t10-/m0/s1. The predicted molar refractivity (Wildman–Crippen MR) is 62.0 cm³/mol. The van der Waals surface area contributed by atoms with E-state index in [4.69, 9.17) is 0 Å². The third-order valence-electron chi connectivity index (χ3n) is 2.51. The van der Waals surface area contributed by atoms with Crippen LogP contribution in [0.1, 0.15) is 45.5 Å². The molecule has 0 bridgehead atoms. The van der Waals surface area contributed by atoms with Crippen LogP contribution >= 0.6 is 0 Å². The van der Waals surface area contributed by atoms with Gasteiger partial charge in [-0.3, -0.25) is 4.68 Å². The Morgan fingerprint density at radius 3 is 2.47 bits per heavy atom. The Morgan fingerprint density at radius 1 is 1.47 bits per heavy atom. The molecule has 1 aromatic rings. The maximum Gasteiger partial charge on any atom is 0.0680 e. The zero-order chi connectivity index (χ0) is 11.6. The van der Waals surface area contributed by atoms with Gasteiger partial charge in [0.1, 0.15) is 0 Å². The Bertz CT molecular complexity index is 321. The molecule has 0 amide bonds. The van der Waals surface area contributed by atoms with Crippen molar-refractivity contribution in [2.75, 3.05) is 0 Å². The molecule has 0 spiro atoms. The topological polar surface area (TPSA) is 38.0 Å². The van der Waals surface area contributed by atoms with E-state index in [-0.39, 0.29) is 11.5 Å². The van der Waals surface area contributed by atoms with Crippen molar-refractivity contribution in [3.63, 3.8) is 0 Å². The second-order valence-corrected chi connectivity index (χ2v) is 5.28. The molecule has 1 atom stereocenters. The van der Waals surface area contributed by atoms with Crippen LogP contribution in [0.25, 0.3) is 0 Å². The first-order valence-corrected chi connectivity index (χ1v) is 5.53. The number of aliphatic hydroxyl groups excluding tert-OH is 1. The van der Waals surface area contributed by atoms with Gasteiger partial charge in [0.25, 0.3) is 0 Å². The lowest BCUT2D eigenvalue weighted by molar-refractivity contribution is 0.176. The number of hydrogen-bond acceptors (Lipinski definition) is 2. The van der Waals surface area contributed by atoms with Gasteiger partial charge >= 0.3 is 0 Å². The fraction of sp³-hybridized carbons (Fsp3) is 0.750. The van der Waals surface area contributed by atoms with Crippen LogP contribution < -0.4 is 0 Å². The van der Waals surface area contributed by atoms with Gasteiger partial charge in [-0.2, -0.15) is 5.10 Å². The number of aromatic nitrogens is 2. The minimum Gasteiger partial charge on any atom is -0.393 e. The monoisotopic (exact) mass is 210 g/mol. The van der Waals surface area contributed by atoms with Crippen molar-refractivity contribution >= 4 is 0 Å². The molecule has 1 heterocycles. The van der Waals surface area contributed by atoms with Crippen molar-refractivity contribution in [3.8, 4) is 0 Å². The normalized spacial score (nSPS) is 14.3. The van der Waals surface area contributed by atoms with E-state index in [0.717, 1.165) is 18.7 Å². The van der Waals surface area contributed by atoms with Crippen LogP contribution in [0.3, 0.4) is 0 Å². The van der Waals surface area contributed by atoms with Crippen molar-refractivity contribution in [2.24, 2.45) is 0 Å². The quantitative estimate of drug-likeness (QED) is 0.831. The van der Waals surface area contributed by atoms with E-state index in [0.29, 0.717) is 0 Å². The zero-order valence-electron chi connectivity index (χ0n) is 10.4. The highest BCUT2D eigenvalue weighted by Gasteiger charge is 2.18. The molecule has 86 valence electrons. The van der Waals surface area contributed by atoms with E-state index in [1.54, 1.807) is 0 Å². The molecule has 1 rings (SSSR count). The molecule has 0 saturated carbocycles. The molecule has 0 fully saturated rings. The zero-order valence-corrected chi connectivity index (χ0v) is 10.4. The molecule has 1 N–H and O–H groups in total. The summed E-state index contributed by atoms with van der Waals surface area (Å²) in [6.45, 7) is 11.1. The Hall–Kier alpha value is -0.830. The summed E-state index contributed by atoms with van der Waals surface area (Å²) in [5.74, 6) is 0. The maximum atomic E-state index is 9.23. The van der Waals surface area contributed by atoms with Crippen molar-refractivity contribution in [1.29, 1.82) is 0 Å². The van der Waals surface area contributed by atoms with Gasteiger partial charge < -0.3 is 5.11 Å². The third kappa shape index (κ3) is 3.34. The third-order valence-corrected chi connectivity index (χ3v) is 2.51. The smallest absolute Gasteiger partial charge is 0.0680 e. The first-order valence-electron chi connectivity index (χ1n) is 5.53. The Balaban J connectivity index is 2.78. The second-order valence-electron chi connectivity index (χ2n) is 5.28. The summed E-state index contributed by atoms with van der Waals surface area (Å²) in [6.07, 6.45) is 0.498. The van der Waals surface area contributed by atoms with Crippen LogP contribution in [-0.4, -0.2) is 21.0 Å². The summed E-state index contributed by atoms with van der Waals surface area (Å²) in [7, 11) is 0. The minimum atomic E-state index is -0.258. The molecule has 0 saturated heterocycles. The van der Waals surface area contributed by atoms with Crippen LogP contribution in [0.5, 0.6) is 0 Å². The van der Waals surface area contributed by atoms with Crippen LogP contribution in [0, 0.1) is 6.92 Å². The summed E-state index contributed by atoms with van der Waals surface area (Å²) in [4.78, 5) is 0. The molecule has 0 radical (unpaired) electrons. The summed E-state index contributed by atoms with van der Waals surface area (Å²) in [5.41, 5.74) is 2.38. The highest BCUT2D eigenvalue weighted by Crippen LogP contribution is 2.21. The van der Waals surface area contributed by atoms with Gasteiger partial charge in [0.2, 0.25) is 0 Å². The number of aryl methyl sites for hydroxylation is 2. The van der Waals surface area contributed by atoms with Crippen molar-refractivity contribution in [1.82, 2.24) is 9.78 Å². The summed E-state index contributed by atoms with van der Waals surface area (Å²) >= 11 is 0. The molecule has 3 heteroatoms. The Morgan fingerprint density at radius 2 is 2.07 bits per heavy atom. The summed E-state index contributed by atoms with van der Waals surface area (Å²) in [6, 6.07) is 2.13. The summed E-state index contributed by atoms with van der Waals surface area (Å²) in [5, 5.41) is 13.8. The fourth-order valence-electron chi connectivity index (χ4n) is 1.41. The number of hydrogen-bond donors (Lipinski definition) is 1. The second kappa shape index (κ2) is 4.35. The van der Waals surface area contributed by atoms with E-state index in [9.17, 15) is 5.11 Å². The van der Waals surface area contributed by atoms with Crippen molar-refractivity contribution < 1.29 is 5.11 Å². The Labute approximate surface area is 92.1 Å². The predicted octanol–water partition coefficient (Wildman–Crippen LogP) is 2.26. The first-order chi connectivity index (χ1) is 6.80. The number of aliphatic hydroxyl groups is 1. The van der Waals surface area contributed by atoms with E-state index >= 15 is 0 Å². The van der Waals surface area contributed by atoms with Crippen molar-refractivity contribution in [2.45, 2.75) is 59.1 Å². The van der Waals surface area contributed by atoms with Gasteiger partial charge in [0.05, 0.1) is 11.8 Å². The van der Waals surface area contributed by atoms with Gasteiger partial charge in [-0.15, -0.1) is 0 Å². The Kier molecular flexibility index (Phi) is 3.55. The van der Waals surface area contributed by atoms with E-state index < -0.39 is 0 Å². The lowest BCUT2D eigenvalue weighted by Crippen LogP contribution is -2.14. The fourth-order valence-corrected chi connectivity index (χ4v) is 1.41. The van der Waals surface area contributed by atoms with E-state index in [2.05, 4.69) is 38.9 Å². The summed E-state index contributed by atoms with van der Waals surface area (Å²) < 4.78 is 1.98. The van der Waals surface area contributed by atoms with E-state index in [1.807, 2.05) is 11.6 Å². The SMILES string of the molecule is Cc1cc(C(C)(C)C)nn1CC[C@H](C)O. The van der Waals surface area contributed by atoms with Gasteiger partial charge in [-0.25, -0.2) is 0 Å². The lowest BCUT2D eigenvalue weighted by atomic mass is 9.92. The maximum absolute atomic E-state index is 9.23. The van der Waals surface area contributed by atoms with Gasteiger partial charge in [-0.05, 0) is 26.3 Å². The average molecular weight is 210 g/mol. The molecule has 0 aliphatic heterocycles. The average Bonchev–Trinajstić information content (AvgIpc) is 2.42. The highest BCUT2D eigenvalue weighted by molar-refractivity contribution is 5.16. The van der Waals surface area contributed by atoms with Crippen LogP contribution in [0.15, 0.2) is 6.07 Å². The van der Waals surface area contributed by atoms with E-state index in [1.165, 1.54) is 5.69 Å². The molecule has 3 nitrogen and oxygen atoms in total. The van der Waals surface area contributed by atoms with Crippen LogP contribution in [0.4, 0.5) is 0 Å². The molecular weight excluding hydrogens is 188 g/mol. The number of nitrogens with zero attached hydrogens (tertiary/aromatic N) is 2. The lowest BCUT2D eigenvalue weighted by Gasteiger charge is -2.14. The van der Waals surface area contributed by atoms with Crippen molar-refractivity contribution in [3.05, 3.63) is 17.5 Å². The molecule has 0 unspecified atom stereocenters. The molecule has 15 heavy (non-hydrogen) atoms. The first kappa shape index (κ1) is 12.2. The van der Waals surface area contributed by atoms with Gasteiger partial charge in [-0.1, -0.05) is 20.8 Å². The number of rotatable bonds is 3.